The van der Waals surface area contributed by atoms with E-state index in [1.807, 2.05) is 0 Å². The molecule has 18 heavy (non-hydrogen) atoms. The molecule has 0 aromatic heterocycles. The van der Waals surface area contributed by atoms with Crippen molar-refractivity contribution in [3.63, 3.8) is 0 Å². The van der Waals surface area contributed by atoms with Gasteiger partial charge in [0.25, 0.3) is 0 Å². The molecule has 0 radical (unpaired) electrons. The summed E-state index contributed by atoms with van der Waals surface area (Å²) in [5, 5.41) is 8.54. The average molecular weight is 275 g/mol. The van der Waals surface area contributed by atoms with Crippen molar-refractivity contribution in [2.75, 3.05) is 13.2 Å². The standard InChI is InChI=1S/C11H11F2NO3S/c1-2-14-18(16,17)11-8(4-3-5-15)6-9(12)7-10(11)13/h6-7,14-15H,2,5H2,1H3. The number of hydrogen-bond acceptors (Lipinski definition) is 3. The summed E-state index contributed by atoms with van der Waals surface area (Å²) in [5.41, 5.74) is -0.331. The van der Waals surface area contributed by atoms with E-state index in [0.717, 1.165) is 6.07 Å². The minimum atomic E-state index is -4.09. The van der Waals surface area contributed by atoms with Gasteiger partial charge in [0.05, 0.1) is 5.56 Å². The highest BCUT2D eigenvalue weighted by Crippen LogP contribution is 2.20. The first-order valence-electron chi connectivity index (χ1n) is 5.00. The Labute approximate surface area is 104 Å². The third-order valence-electron chi connectivity index (χ3n) is 1.91. The first-order valence-corrected chi connectivity index (χ1v) is 6.49. The summed E-state index contributed by atoms with van der Waals surface area (Å²) in [5.74, 6) is 2.20. The van der Waals surface area contributed by atoms with Gasteiger partial charge >= 0.3 is 0 Å². The highest BCUT2D eigenvalue weighted by Gasteiger charge is 2.23. The topological polar surface area (TPSA) is 66.4 Å². The van der Waals surface area contributed by atoms with Gasteiger partial charge in [-0.15, -0.1) is 0 Å². The maximum Gasteiger partial charge on any atom is 0.244 e. The molecule has 0 fully saturated rings. The quantitative estimate of drug-likeness (QED) is 0.794. The molecular weight excluding hydrogens is 264 g/mol. The number of sulfonamides is 1. The number of nitrogens with one attached hydrogen (secondary N) is 1. The lowest BCUT2D eigenvalue weighted by Gasteiger charge is -2.08. The molecule has 0 aliphatic heterocycles. The van der Waals surface area contributed by atoms with Crippen molar-refractivity contribution in [3.05, 3.63) is 29.3 Å². The van der Waals surface area contributed by atoms with Gasteiger partial charge in [-0.3, -0.25) is 0 Å². The third-order valence-corrected chi connectivity index (χ3v) is 3.53. The fourth-order valence-corrected chi connectivity index (χ4v) is 2.56. The van der Waals surface area contributed by atoms with Crippen LogP contribution in [-0.2, 0) is 10.0 Å². The highest BCUT2D eigenvalue weighted by atomic mass is 32.2. The molecule has 0 atom stereocenters. The van der Waals surface area contributed by atoms with Crippen LogP contribution < -0.4 is 4.72 Å². The minimum absolute atomic E-state index is 0.0615. The van der Waals surface area contributed by atoms with Crippen molar-refractivity contribution in [2.24, 2.45) is 0 Å². The van der Waals surface area contributed by atoms with E-state index in [0.29, 0.717) is 6.07 Å². The molecular formula is C11H11F2NO3S. The largest absolute Gasteiger partial charge is 0.384 e. The lowest BCUT2D eigenvalue weighted by molar-refractivity contribution is 0.350. The van der Waals surface area contributed by atoms with Gasteiger partial charge in [0, 0.05) is 12.6 Å². The van der Waals surface area contributed by atoms with Crippen LogP contribution in [0, 0.1) is 23.5 Å². The van der Waals surface area contributed by atoms with E-state index in [9.17, 15) is 17.2 Å². The predicted octanol–water partition coefficient (Wildman–Crippen LogP) is 0.607. The van der Waals surface area contributed by atoms with Gasteiger partial charge < -0.3 is 5.11 Å². The number of benzene rings is 1. The number of aliphatic hydroxyl groups excluding tert-OH is 1. The smallest absolute Gasteiger partial charge is 0.244 e. The van der Waals surface area contributed by atoms with E-state index in [4.69, 9.17) is 5.11 Å². The summed E-state index contributed by atoms with van der Waals surface area (Å²) in [4.78, 5) is -0.716. The SMILES string of the molecule is CCNS(=O)(=O)c1c(F)cc(F)cc1C#CCO. The second kappa shape index (κ2) is 5.91. The van der Waals surface area contributed by atoms with Gasteiger partial charge in [-0.2, -0.15) is 0 Å². The molecule has 2 N–H and O–H groups in total. The van der Waals surface area contributed by atoms with Crippen molar-refractivity contribution >= 4 is 10.0 Å². The van der Waals surface area contributed by atoms with Crippen molar-refractivity contribution in [2.45, 2.75) is 11.8 Å². The van der Waals surface area contributed by atoms with Gasteiger partial charge in [0.2, 0.25) is 10.0 Å². The number of hydrogen-bond donors (Lipinski definition) is 2. The first kappa shape index (κ1) is 14.6. The Morgan fingerprint density at radius 2 is 2.06 bits per heavy atom. The average Bonchev–Trinajstić information content (AvgIpc) is 2.24. The fourth-order valence-electron chi connectivity index (χ4n) is 1.32. The van der Waals surface area contributed by atoms with Gasteiger partial charge in [0.15, 0.2) is 0 Å². The van der Waals surface area contributed by atoms with E-state index in [1.165, 1.54) is 6.92 Å². The van der Waals surface area contributed by atoms with Crippen molar-refractivity contribution in [1.82, 2.24) is 4.72 Å². The second-order valence-electron chi connectivity index (χ2n) is 3.23. The van der Waals surface area contributed by atoms with Gasteiger partial charge in [-0.05, 0) is 6.07 Å². The molecule has 0 spiro atoms. The Hall–Kier alpha value is -1.49. The van der Waals surface area contributed by atoms with Gasteiger partial charge in [0.1, 0.15) is 23.1 Å². The predicted molar refractivity (Wildman–Crippen MR) is 61.2 cm³/mol. The van der Waals surface area contributed by atoms with Crippen molar-refractivity contribution in [3.8, 4) is 11.8 Å². The maximum atomic E-state index is 13.6. The van der Waals surface area contributed by atoms with Crippen LogP contribution in [0.5, 0.6) is 0 Å². The van der Waals surface area contributed by atoms with Crippen LogP contribution in [-0.4, -0.2) is 26.7 Å². The van der Waals surface area contributed by atoms with Crippen LogP contribution >= 0.6 is 0 Å². The highest BCUT2D eigenvalue weighted by molar-refractivity contribution is 7.89. The van der Waals surface area contributed by atoms with E-state index < -0.39 is 33.2 Å². The Kier molecular flexibility index (Phi) is 4.78. The molecule has 0 aliphatic rings. The summed E-state index contributed by atoms with van der Waals surface area (Å²) >= 11 is 0. The molecule has 1 rings (SSSR count). The molecule has 4 nitrogen and oxygen atoms in total. The zero-order valence-corrected chi connectivity index (χ0v) is 10.3. The molecule has 0 amide bonds. The normalized spacial score (nSPS) is 10.9. The Bertz CT molecular complexity index is 603. The third kappa shape index (κ3) is 3.26. The molecule has 0 unspecified atom stereocenters. The van der Waals surface area contributed by atoms with E-state index in [1.54, 1.807) is 0 Å². The first-order chi connectivity index (χ1) is 8.42. The summed E-state index contributed by atoms with van der Waals surface area (Å²) in [6.07, 6.45) is 0. The Morgan fingerprint density at radius 1 is 1.39 bits per heavy atom. The molecule has 0 saturated carbocycles. The van der Waals surface area contributed by atoms with Crippen LogP contribution in [0.4, 0.5) is 8.78 Å². The lowest BCUT2D eigenvalue weighted by Crippen LogP contribution is -2.25. The van der Waals surface area contributed by atoms with Crippen LogP contribution in [0.25, 0.3) is 0 Å². The van der Waals surface area contributed by atoms with E-state index in [-0.39, 0.29) is 12.1 Å². The van der Waals surface area contributed by atoms with Crippen LogP contribution in [0.1, 0.15) is 12.5 Å². The second-order valence-corrected chi connectivity index (χ2v) is 4.93. The Balaban J connectivity index is 3.51. The zero-order valence-electron chi connectivity index (χ0n) is 9.50. The molecule has 1 aromatic rings. The monoisotopic (exact) mass is 275 g/mol. The van der Waals surface area contributed by atoms with Gasteiger partial charge in [-0.1, -0.05) is 18.8 Å². The number of aliphatic hydroxyl groups is 1. The van der Waals surface area contributed by atoms with E-state index in [2.05, 4.69) is 16.6 Å². The summed E-state index contributed by atoms with van der Waals surface area (Å²) in [6.45, 7) is 1.04. The van der Waals surface area contributed by atoms with Crippen LogP contribution in [0.3, 0.4) is 0 Å². The zero-order chi connectivity index (χ0) is 13.8. The van der Waals surface area contributed by atoms with Crippen molar-refractivity contribution < 1.29 is 22.3 Å². The summed E-state index contributed by atoms with van der Waals surface area (Å²) in [6, 6.07) is 1.27. The molecule has 1 aromatic carbocycles. The lowest BCUT2D eigenvalue weighted by atomic mass is 10.2. The van der Waals surface area contributed by atoms with Crippen LogP contribution in [0.15, 0.2) is 17.0 Å². The Morgan fingerprint density at radius 3 is 2.61 bits per heavy atom. The fraction of sp³-hybridized carbons (Fsp3) is 0.273. The minimum Gasteiger partial charge on any atom is -0.384 e. The summed E-state index contributed by atoms with van der Waals surface area (Å²) in [7, 11) is -4.09. The molecule has 0 bridgehead atoms. The summed E-state index contributed by atoms with van der Waals surface area (Å²) < 4.78 is 52.2. The molecule has 0 heterocycles. The number of halogens is 2. The molecule has 0 aliphatic carbocycles. The maximum absolute atomic E-state index is 13.6. The molecule has 7 heteroatoms. The van der Waals surface area contributed by atoms with Crippen LogP contribution in [0.2, 0.25) is 0 Å². The van der Waals surface area contributed by atoms with E-state index >= 15 is 0 Å². The number of rotatable bonds is 3. The molecule has 0 saturated heterocycles. The van der Waals surface area contributed by atoms with Crippen molar-refractivity contribution in [1.29, 1.82) is 0 Å². The molecule has 98 valence electrons. The van der Waals surface area contributed by atoms with Gasteiger partial charge in [-0.25, -0.2) is 21.9 Å².